The molecule has 1 atom stereocenters. The van der Waals surface area contributed by atoms with Crippen LogP contribution in [0.4, 0.5) is 5.69 Å². The number of amides is 2. The predicted octanol–water partition coefficient (Wildman–Crippen LogP) is 3.92. The third-order valence-electron chi connectivity index (χ3n) is 3.25. The molecule has 0 spiro atoms. The summed E-state index contributed by atoms with van der Waals surface area (Å²) in [5, 5.41) is 7.63. The number of hydrogen-bond donors (Lipinski definition) is 2. The quantitative estimate of drug-likeness (QED) is 0.848. The van der Waals surface area contributed by atoms with Crippen molar-refractivity contribution in [3.63, 3.8) is 0 Å². The number of rotatable bonds is 6. The number of carbonyl (C=O) groups is 2. The first kappa shape index (κ1) is 16.2. The summed E-state index contributed by atoms with van der Waals surface area (Å²) in [5.74, 6) is -0.221. The summed E-state index contributed by atoms with van der Waals surface area (Å²) in [6.07, 6.45) is 2.00. The molecule has 0 bridgehead atoms. The van der Waals surface area contributed by atoms with Gasteiger partial charge < -0.3 is 10.6 Å². The van der Waals surface area contributed by atoms with E-state index in [1.807, 2.05) is 18.4 Å². The highest BCUT2D eigenvalue weighted by atomic mass is 32.1. The van der Waals surface area contributed by atoms with Crippen LogP contribution in [0.1, 0.15) is 46.7 Å². The molecule has 0 aliphatic rings. The monoisotopic (exact) mass is 316 g/mol. The Kier molecular flexibility index (Phi) is 5.72. The highest BCUT2D eigenvalue weighted by Gasteiger charge is 2.10. The zero-order valence-corrected chi connectivity index (χ0v) is 13.6. The Labute approximate surface area is 134 Å². The van der Waals surface area contributed by atoms with Gasteiger partial charge >= 0.3 is 0 Å². The molecule has 2 N–H and O–H groups in total. The first-order chi connectivity index (χ1) is 10.6. The van der Waals surface area contributed by atoms with Crippen molar-refractivity contribution < 1.29 is 9.59 Å². The van der Waals surface area contributed by atoms with Crippen LogP contribution < -0.4 is 10.6 Å². The molecular weight excluding hydrogens is 296 g/mol. The van der Waals surface area contributed by atoms with Crippen molar-refractivity contribution in [3.05, 3.63) is 52.2 Å². The number of anilines is 1. The Morgan fingerprint density at radius 1 is 1.14 bits per heavy atom. The molecule has 0 saturated heterocycles. The first-order valence-electron chi connectivity index (χ1n) is 7.36. The maximum Gasteiger partial charge on any atom is 0.265 e. The zero-order chi connectivity index (χ0) is 15.9. The fourth-order valence-electron chi connectivity index (χ4n) is 2.12. The molecule has 1 aromatic carbocycles. The van der Waals surface area contributed by atoms with Crippen LogP contribution in [0.5, 0.6) is 0 Å². The highest BCUT2D eigenvalue weighted by molar-refractivity contribution is 7.12. The van der Waals surface area contributed by atoms with Gasteiger partial charge in [0.25, 0.3) is 11.8 Å². The topological polar surface area (TPSA) is 58.2 Å². The van der Waals surface area contributed by atoms with Crippen LogP contribution in [-0.2, 0) is 0 Å². The van der Waals surface area contributed by atoms with Gasteiger partial charge in [-0.1, -0.05) is 19.4 Å². The highest BCUT2D eigenvalue weighted by Crippen LogP contribution is 2.14. The van der Waals surface area contributed by atoms with Gasteiger partial charge in [-0.2, -0.15) is 0 Å². The minimum Gasteiger partial charge on any atom is -0.350 e. The molecule has 2 rings (SSSR count). The van der Waals surface area contributed by atoms with E-state index in [1.54, 1.807) is 30.3 Å². The Morgan fingerprint density at radius 2 is 1.86 bits per heavy atom. The molecule has 0 fully saturated rings. The van der Waals surface area contributed by atoms with Crippen LogP contribution in [-0.4, -0.2) is 17.9 Å². The average Bonchev–Trinajstić information content (AvgIpc) is 3.02. The minimum atomic E-state index is -0.135. The molecule has 0 aliphatic carbocycles. The molecule has 0 saturated carbocycles. The fraction of sp³-hybridized carbons (Fsp3) is 0.294. The van der Waals surface area contributed by atoms with Crippen LogP contribution in [0.15, 0.2) is 41.8 Å². The third kappa shape index (κ3) is 4.43. The number of carbonyl (C=O) groups excluding carboxylic acids is 2. The minimum absolute atomic E-state index is 0.0860. The predicted molar refractivity (Wildman–Crippen MR) is 90.6 cm³/mol. The van der Waals surface area contributed by atoms with Crippen molar-refractivity contribution in [2.45, 2.75) is 32.7 Å². The summed E-state index contributed by atoms with van der Waals surface area (Å²) in [7, 11) is 0. The van der Waals surface area contributed by atoms with Gasteiger partial charge in [-0.3, -0.25) is 9.59 Å². The lowest BCUT2D eigenvalue weighted by molar-refractivity contribution is 0.0938. The van der Waals surface area contributed by atoms with Gasteiger partial charge in [-0.15, -0.1) is 11.3 Å². The van der Waals surface area contributed by atoms with E-state index in [1.165, 1.54) is 11.3 Å². The fourth-order valence-corrected chi connectivity index (χ4v) is 2.74. The maximum atomic E-state index is 12.1. The number of hydrogen-bond acceptors (Lipinski definition) is 3. The van der Waals surface area contributed by atoms with Gasteiger partial charge in [-0.25, -0.2) is 0 Å². The molecule has 0 radical (unpaired) electrons. The molecule has 2 aromatic rings. The number of nitrogens with one attached hydrogen (secondary N) is 2. The lowest BCUT2D eigenvalue weighted by Gasteiger charge is -2.13. The van der Waals surface area contributed by atoms with Crippen molar-refractivity contribution >= 4 is 28.8 Å². The second kappa shape index (κ2) is 7.75. The smallest absolute Gasteiger partial charge is 0.265 e. The second-order valence-corrected chi connectivity index (χ2v) is 6.12. The molecule has 4 nitrogen and oxygen atoms in total. The molecule has 116 valence electrons. The number of benzene rings is 1. The van der Waals surface area contributed by atoms with Gasteiger partial charge in [0.1, 0.15) is 0 Å². The van der Waals surface area contributed by atoms with Crippen LogP contribution in [0.2, 0.25) is 0 Å². The van der Waals surface area contributed by atoms with Crippen LogP contribution in [0.3, 0.4) is 0 Å². The second-order valence-electron chi connectivity index (χ2n) is 5.17. The lowest BCUT2D eigenvalue weighted by atomic mass is 10.1. The van der Waals surface area contributed by atoms with Gasteiger partial charge in [-0.05, 0) is 49.1 Å². The largest absolute Gasteiger partial charge is 0.350 e. The summed E-state index contributed by atoms with van der Waals surface area (Å²) >= 11 is 1.39. The van der Waals surface area contributed by atoms with Gasteiger partial charge in [0.05, 0.1) is 4.88 Å². The summed E-state index contributed by atoms with van der Waals surface area (Å²) in [4.78, 5) is 24.6. The molecule has 1 aromatic heterocycles. The zero-order valence-electron chi connectivity index (χ0n) is 12.8. The van der Waals surface area contributed by atoms with Gasteiger partial charge in [0.15, 0.2) is 0 Å². The van der Waals surface area contributed by atoms with Gasteiger partial charge in [0.2, 0.25) is 0 Å². The molecule has 5 heteroatoms. The van der Waals surface area contributed by atoms with Crippen molar-refractivity contribution in [3.8, 4) is 0 Å². The molecule has 0 aliphatic heterocycles. The van der Waals surface area contributed by atoms with Crippen molar-refractivity contribution in [1.82, 2.24) is 5.32 Å². The molecule has 22 heavy (non-hydrogen) atoms. The van der Waals surface area contributed by atoms with Crippen LogP contribution in [0, 0.1) is 0 Å². The Balaban J connectivity index is 1.95. The Hall–Kier alpha value is -2.14. The van der Waals surface area contributed by atoms with Crippen molar-refractivity contribution in [2.24, 2.45) is 0 Å². The van der Waals surface area contributed by atoms with E-state index in [-0.39, 0.29) is 17.9 Å². The van der Waals surface area contributed by atoms with E-state index in [9.17, 15) is 9.59 Å². The molecule has 1 unspecified atom stereocenters. The van der Waals surface area contributed by atoms with E-state index in [2.05, 4.69) is 17.6 Å². The Bertz CT molecular complexity index is 621. The molecule has 1 heterocycles. The van der Waals surface area contributed by atoms with E-state index in [0.717, 1.165) is 12.8 Å². The van der Waals surface area contributed by atoms with E-state index >= 15 is 0 Å². The molecule has 2 amide bonds. The summed E-state index contributed by atoms with van der Waals surface area (Å²) in [6, 6.07) is 10.7. The summed E-state index contributed by atoms with van der Waals surface area (Å²) < 4.78 is 0. The normalized spacial score (nSPS) is 11.7. The van der Waals surface area contributed by atoms with Crippen LogP contribution in [0.25, 0.3) is 0 Å². The summed E-state index contributed by atoms with van der Waals surface area (Å²) in [6.45, 7) is 4.09. The van der Waals surface area contributed by atoms with E-state index in [0.29, 0.717) is 16.1 Å². The maximum absolute atomic E-state index is 12.1. The van der Waals surface area contributed by atoms with Gasteiger partial charge in [0, 0.05) is 17.3 Å². The van der Waals surface area contributed by atoms with Crippen molar-refractivity contribution in [1.29, 1.82) is 0 Å². The number of thiophene rings is 1. The van der Waals surface area contributed by atoms with E-state index < -0.39 is 0 Å². The molecular formula is C17H20N2O2S. The van der Waals surface area contributed by atoms with Crippen LogP contribution >= 0.6 is 11.3 Å². The van der Waals surface area contributed by atoms with Crippen molar-refractivity contribution in [2.75, 3.05) is 5.32 Å². The SMILES string of the molecule is CCCC(C)NC(=O)c1ccc(NC(=O)c2cccs2)cc1. The lowest BCUT2D eigenvalue weighted by Crippen LogP contribution is -2.32. The third-order valence-corrected chi connectivity index (χ3v) is 4.12. The standard InChI is InChI=1S/C17H20N2O2S/c1-3-5-12(2)18-16(20)13-7-9-14(10-8-13)19-17(21)15-6-4-11-22-15/h4,6-12H,3,5H2,1-2H3,(H,18,20)(H,19,21). The first-order valence-corrected chi connectivity index (χ1v) is 8.24. The Morgan fingerprint density at radius 3 is 2.45 bits per heavy atom. The summed E-state index contributed by atoms with van der Waals surface area (Å²) in [5.41, 5.74) is 1.27. The average molecular weight is 316 g/mol. The van der Waals surface area contributed by atoms with E-state index in [4.69, 9.17) is 0 Å².